The van der Waals surface area contributed by atoms with Crippen LogP contribution in [0.4, 0.5) is 4.39 Å². The minimum absolute atomic E-state index is 0.0703. The van der Waals surface area contributed by atoms with Gasteiger partial charge >= 0.3 is 0 Å². The smallest absolute Gasteiger partial charge is 0.270 e. The molecule has 0 saturated carbocycles. The van der Waals surface area contributed by atoms with E-state index in [-0.39, 0.29) is 17.8 Å². The van der Waals surface area contributed by atoms with E-state index in [2.05, 4.69) is 10.4 Å². The van der Waals surface area contributed by atoms with Crippen molar-refractivity contribution in [1.82, 2.24) is 15.1 Å². The average molecular weight is 337 g/mol. The molecule has 25 heavy (non-hydrogen) atoms. The number of nitrogens with one attached hydrogen (secondary N) is 1. The molecule has 128 valence electrons. The summed E-state index contributed by atoms with van der Waals surface area (Å²) >= 11 is 0. The van der Waals surface area contributed by atoms with Crippen molar-refractivity contribution in [2.24, 2.45) is 0 Å². The fraction of sp³-hybridized carbons (Fsp3) is 0.200. The van der Waals surface area contributed by atoms with Crippen molar-refractivity contribution in [3.63, 3.8) is 0 Å². The monoisotopic (exact) mass is 337 g/mol. The van der Waals surface area contributed by atoms with Crippen molar-refractivity contribution in [3.8, 4) is 16.9 Å². The lowest BCUT2D eigenvalue weighted by Crippen LogP contribution is -2.33. The maximum Gasteiger partial charge on any atom is 0.270 e. The van der Waals surface area contributed by atoms with Crippen LogP contribution in [0.2, 0.25) is 0 Å². The second-order valence-corrected chi connectivity index (χ2v) is 5.95. The first-order valence-corrected chi connectivity index (χ1v) is 8.30. The standard InChI is InChI=1S/C20H20FN3O/c1-3-14(2)22-20(25)19-13-18(15-9-11-16(21)12-10-15)23-24(19)17-7-5-4-6-8-17/h4-14H,3H2,1-2H3,(H,22,25). The van der Waals surface area contributed by atoms with Gasteiger partial charge in [0.15, 0.2) is 0 Å². The van der Waals surface area contributed by atoms with E-state index >= 15 is 0 Å². The van der Waals surface area contributed by atoms with Crippen LogP contribution in [-0.4, -0.2) is 21.7 Å². The number of carbonyl (C=O) groups excluding carboxylic acids is 1. The number of nitrogens with zero attached hydrogens (tertiary/aromatic N) is 2. The Balaban J connectivity index is 2.05. The van der Waals surface area contributed by atoms with Gasteiger partial charge in [0.2, 0.25) is 0 Å². The number of aromatic nitrogens is 2. The molecule has 1 amide bonds. The lowest BCUT2D eigenvalue weighted by Gasteiger charge is -2.12. The first kappa shape index (κ1) is 16.9. The molecule has 1 unspecified atom stereocenters. The average Bonchev–Trinajstić information content (AvgIpc) is 3.08. The number of rotatable bonds is 5. The predicted octanol–water partition coefficient (Wildman–Crippen LogP) is 4.21. The topological polar surface area (TPSA) is 46.9 Å². The molecule has 1 heterocycles. The summed E-state index contributed by atoms with van der Waals surface area (Å²) in [6.45, 7) is 3.98. The van der Waals surface area contributed by atoms with Crippen LogP contribution in [0.5, 0.6) is 0 Å². The fourth-order valence-corrected chi connectivity index (χ4v) is 2.47. The fourth-order valence-electron chi connectivity index (χ4n) is 2.47. The molecule has 3 aromatic rings. The summed E-state index contributed by atoms with van der Waals surface area (Å²) in [6, 6.07) is 17.4. The number of amides is 1. The van der Waals surface area contributed by atoms with Crippen LogP contribution in [0.1, 0.15) is 30.8 Å². The second kappa shape index (κ2) is 7.30. The van der Waals surface area contributed by atoms with E-state index in [4.69, 9.17) is 0 Å². The van der Waals surface area contributed by atoms with E-state index in [1.807, 2.05) is 44.2 Å². The van der Waals surface area contributed by atoms with Crippen molar-refractivity contribution in [2.45, 2.75) is 26.3 Å². The van der Waals surface area contributed by atoms with Gasteiger partial charge in [-0.1, -0.05) is 25.1 Å². The van der Waals surface area contributed by atoms with E-state index < -0.39 is 0 Å². The van der Waals surface area contributed by atoms with Gasteiger partial charge in [-0.15, -0.1) is 0 Å². The summed E-state index contributed by atoms with van der Waals surface area (Å²) in [5.41, 5.74) is 2.63. The predicted molar refractivity (Wildman–Crippen MR) is 96.2 cm³/mol. The minimum Gasteiger partial charge on any atom is -0.348 e. The Morgan fingerprint density at radius 1 is 1.16 bits per heavy atom. The summed E-state index contributed by atoms with van der Waals surface area (Å²) in [7, 11) is 0. The van der Waals surface area contributed by atoms with E-state index in [9.17, 15) is 9.18 Å². The Labute approximate surface area is 146 Å². The maximum atomic E-state index is 13.2. The highest BCUT2D eigenvalue weighted by Gasteiger charge is 2.18. The summed E-state index contributed by atoms with van der Waals surface area (Å²) in [4.78, 5) is 12.7. The van der Waals surface area contributed by atoms with Crippen LogP contribution in [0, 0.1) is 5.82 Å². The summed E-state index contributed by atoms with van der Waals surface area (Å²) in [6.07, 6.45) is 0.843. The van der Waals surface area contributed by atoms with Gasteiger partial charge in [-0.25, -0.2) is 9.07 Å². The Hall–Kier alpha value is -2.95. The van der Waals surface area contributed by atoms with E-state index in [1.54, 1.807) is 22.9 Å². The maximum absolute atomic E-state index is 13.2. The van der Waals surface area contributed by atoms with Gasteiger partial charge in [0.1, 0.15) is 11.5 Å². The molecule has 1 atom stereocenters. The number of halogens is 1. The highest BCUT2D eigenvalue weighted by Crippen LogP contribution is 2.22. The SMILES string of the molecule is CCC(C)NC(=O)c1cc(-c2ccc(F)cc2)nn1-c1ccccc1. The summed E-state index contributed by atoms with van der Waals surface area (Å²) < 4.78 is 14.8. The Morgan fingerprint density at radius 3 is 2.48 bits per heavy atom. The third kappa shape index (κ3) is 3.76. The van der Waals surface area contributed by atoms with Crippen molar-refractivity contribution < 1.29 is 9.18 Å². The van der Waals surface area contributed by atoms with E-state index in [1.165, 1.54) is 12.1 Å². The summed E-state index contributed by atoms with van der Waals surface area (Å²) in [5, 5.41) is 7.54. The normalized spacial score (nSPS) is 12.0. The van der Waals surface area contributed by atoms with Gasteiger partial charge in [-0.3, -0.25) is 4.79 Å². The molecule has 0 aliphatic rings. The first-order chi connectivity index (χ1) is 12.1. The van der Waals surface area contributed by atoms with E-state index in [0.717, 1.165) is 17.7 Å². The van der Waals surface area contributed by atoms with Crippen molar-refractivity contribution in [3.05, 3.63) is 72.2 Å². The molecule has 0 aliphatic heterocycles. The van der Waals surface area contributed by atoms with Gasteiger partial charge < -0.3 is 5.32 Å². The zero-order chi connectivity index (χ0) is 17.8. The molecule has 0 saturated heterocycles. The van der Waals surface area contributed by atoms with E-state index in [0.29, 0.717) is 11.4 Å². The molecule has 3 rings (SSSR count). The largest absolute Gasteiger partial charge is 0.348 e. The van der Waals surface area contributed by atoms with Crippen LogP contribution in [0.3, 0.4) is 0 Å². The number of benzene rings is 2. The second-order valence-electron chi connectivity index (χ2n) is 5.95. The molecular weight excluding hydrogens is 317 g/mol. The van der Waals surface area contributed by atoms with Crippen molar-refractivity contribution in [2.75, 3.05) is 0 Å². The van der Waals surface area contributed by atoms with Gasteiger partial charge in [0.25, 0.3) is 5.91 Å². The third-order valence-corrected chi connectivity index (χ3v) is 4.07. The number of hydrogen-bond donors (Lipinski definition) is 1. The highest BCUT2D eigenvalue weighted by atomic mass is 19.1. The molecule has 0 radical (unpaired) electrons. The third-order valence-electron chi connectivity index (χ3n) is 4.07. The molecule has 0 spiro atoms. The summed E-state index contributed by atoms with van der Waals surface area (Å²) in [5.74, 6) is -0.486. The van der Waals surface area contributed by atoms with Crippen LogP contribution in [-0.2, 0) is 0 Å². The van der Waals surface area contributed by atoms with Gasteiger partial charge in [0, 0.05) is 11.6 Å². The zero-order valence-corrected chi connectivity index (χ0v) is 14.2. The molecule has 4 nitrogen and oxygen atoms in total. The highest BCUT2D eigenvalue weighted by molar-refractivity contribution is 5.94. The molecule has 0 fully saturated rings. The molecular formula is C20H20FN3O. The molecule has 2 aromatic carbocycles. The Morgan fingerprint density at radius 2 is 1.84 bits per heavy atom. The number of hydrogen-bond acceptors (Lipinski definition) is 2. The van der Waals surface area contributed by atoms with Crippen molar-refractivity contribution >= 4 is 5.91 Å². The quantitative estimate of drug-likeness (QED) is 0.758. The van der Waals surface area contributed by atoms with Gasteiger partial charge in [0.05, 0.1) is 11.4 Å². The Kier molecular flexibility index (Phi) is 4.93. The van der Waals surface area contributed by atoms with Crippen LogP contribution >= 0.6 is 0 Å². The van der Waals surface area contributed by atoms with Gasteiger partial charge in [-0.05, 0) is 55.8 Å². The molecule has 5 heteroatoms. The van der Waals surface area contributed by atoms with Crippen LogP contribution in [0.25, 0.3) is 16.9 Å². The molecule has 1 aromatic heterocycles. The van der Waals surface area contributed by atoms with Crippen LogP contribution < -0.4 is 5.32 Å². The zero-order valence-electron chi connectivity index (χ0n) is 14.2. The molecule has 1 N–H and O–H groups in total. The Bertz CT molecular complexity index is 856. The minimum atomic E-state index is -0.305. The lowest BCUT2D eigenvalue weighted by molar-refractivity contribution is 0.0931. The van der Waals surface area contributed by atoms with Crippen molar-refractivity contribution in [1.29, 1.82) is 0 Å². The van der Waals surface area contributed by atoms with Crippen LogP contribution in [0.15, 0.2) is 60.7 Å². The lowest BCUT2D eigenvalue weighted by atomic mass is 10.1. The number of para-hydroxylation sites is 1. The molecule has 0 bridgehead atoms. The number of carbonyl (C=O) groups is 1. The van der Waals surface area contributed by atoms with Gasteiger partial charge in [-0.2, -0.15) is 5.10 Å². The molecule has 0 aliphatic carbocycles. The first-order valence-electron chi connectivity index (χ1n) is 8.30.